The van der Waals surface area contributed by atoms with Gasteiger partial charge in [-0.2, -0.15) is 0 Å². The van der Waals surface area contributed by atoms with Crippen LogP contribution in [0.3, 0.4) is 0 Å². The average molecular weight is 504 g/mol. The van der Waals surface area contributed by atoms with Crippen LogP contribution in [0.1, 0.15) is 16.7 Å². The van der Waals surface area contributed by atoms with E-state index in [1.165, 1.54) is 12.1 Å². The molecule has 0 bridgehead atoms. The highest BCUT2D eigenvalue weighted by molar-refractivity contribution is 5.92. The lowest BCUT2D eigenvalue weighted by molar-refractivity contribution is -0.142. The van der Waals surface area contributed by atoms with Crippen LogP contribution in [0.15, 0.2) is 84.9 Å². The highest BCUT2D eigenvalue weighted by Gasteiger charge is 2.27. The van der Waals surface area contributed by atoms with Crippen LogP contribution in [0.25, 0.3) is 0 Å². The summed E-state index contributed by atoms with van der Waals surface area (Å²) in [5.41, 5.74) is 2.17. The summed E-state index contributed by atoms with van der Waals surface area (Å²) in [5.74, 6) is -2.80. The minimum atomic E-state index is -1.21. The third kappa shape index (κ3) is 9.14. The summed E-state index contributed by atoms with van der Waals surface area (Å²) in [4.78, 5) is 49.7. The van der Waals surface area contributed by atoms with Gasteiger partial charge in [-0.05, 0) is 28.8 Å². The van der Waals surface area contributed by atoms with Gasteiger partial charge in [-0.3, -0.25) is 14.4 Å². The standard InChI is InChI=1S/C28H29N3O6/c32-22-13-11-21(12-14-22)15-23(27(35)31-24(28(36)37)16-19-7-3-1-4-8-19)30-26(34)18-29-25(33)17-20-9-5-2-6-10-20/h1-14,23-24,32H,15-18H2,(H,29,33)(H,30,34)(H,31,35)(H,36,37)/t23-,24-/m0/s1. The number of rotatable bonds is 12. The summed E-state index contributed by atoms with van der Waals surface area (Å²) in [6.45, 7) is -0.350. The molecular weight excluding hydrogens is 474 g/mol. The van der Waals surface area contributed by atoms with Crippen molar-refractivity contribution in [1.82, 2.24) is 16.0 Å². The SMILES string of the molecule is O=C(Cc1ccccc1)NCC(=O)N[C@@H](Cc1ccc(O)cc1)C(=O)N[C@@H](Cc1ccccc1)C(=O)O. The number of hydrogen-bond donors (Lipinski definition) is 5. The van der Waals surface area contributed by atoms with Crippen molar-refractivity contribution in [3.63, 3.8) is 0 Å². The predicted molar refractivity (Wildman–Crippen MR) is 137 cm³/mol. The number of amides is 3. The van der Waals surface area contributed by atoms with E-state index in [-0.39, 0.29) is 37.5 Å². The van der Waals surface area contributed by atoms with Crippen LogP contribution in [-0.4, -0.2) is 52.5 Å². The van der Waals surface area contributed by atoms with Crippen molar-refractivity contribution in [2.45, 2.75) is 31.3 Å². The number of carboxylic acids is 1. The smallest absolute Gasteiger partial charge is 0.326 e. The predicted octanol–water partition coefficient (Wildman–Crippen LogP) is 1.59. The molecule has 9 heteroatoms. The molecule has 3 rings (SSSR count). The lowest BCUT2D eigenvalue weighted by Crippen LogP contribution is -2.54. The first-order valence-electron chi connectivity index (χ1n) is 11.7. The Bertz CT molecular complexity index is 1200. The van der Waals surface area contributed by atoms with E-state index in [9.17, 15) is 29.4 Å². The molecule has 37 heavy (non-hydrogen) atoms. The second-order valence-corrected chi connectivity index (χ2v) is 8.52. The Balaban J connectivity index is 1.65. The highest BCUT2D eigenvalue weighted by Crippen LogP contribution is 2.12. The van der Waals surface area contributed by atoms with E-state index in [2.05, 4.69) is 16.0 Å². The fraction of sp³-hybridized carbons (Fsp3) is 0.214. The van der Waals surface area contributed by atoms with Gasteiger partial charge in [-0.25, -0.2) is 4.79 Å². The molecule has 0 radical (unpaired) electrons. The number of phenols is 1. The average Bonchev–Trinajstić information content (AvgIpc) is 2.89. The zero-order valence-corrected chi connectivity index (χ0v) is 20.1. The van der Waals surface area contributed by atoms with Gasteiger partial charge in [-0.1, -0.05) is 72.8 Å². The van der Waals surface area contributed by atoms with E-state index in [4.69, 9.17) is 0 Å². The number of aromatic hydroxyl groups is 1. The third-order valence-corrected chi connectivity index (χ3v) is 5.58. The maximum Gasteiger partial charge on any atom is 0.326 e. The van der Waals surface area contributed by atoms with E-state index in [1.54, 1.807) is 54.6 Å². The molecule has 0 fully saturated rings. The highest BCUT2D eigenvalue weighted by atomic mass is 16.4. The molecule has 0 saturated heterocycles. The molecule has 3 amide bonds. The van der Waals surface area contributed by atoms with Crippen LogP contribution in [0.5, 0.6) is 5.75 Å². The summed E-state index contributed by atoms with van der Waals surface area (Å²) >= 11 is 0. The van der Waals surface area contributed by atoms with Crippen molar-refractivity contribution >= 4 is 23.7 Å². The van der Waals surface area contributed by atoms with E-state index in [1.807, 2.05) is 18.2 Å². The molecule has 9 nitrogen and oxygen atoms in total. The Labute approximate surface area is 214 Å². The summed E-state index contributed by atoms with van der Waals surface area (Å²) in [6.07, 6.45) is 0.218. The van der Waals surface area contributed by atoms with Crippen LogP contribution in [0.2, 0.25) is 0 Å². The van der Waals surface area contributed by atoms with Gasteiger partial charge in [0.05, 0.1) is 13.0 Å². The molecule has 0 saturated carbocycles. The number of carbonyl (C=O) groups is 4. The van der Waals surface area contributed by atoms with Gasteiger partial charge in [-0.15, -0.1) is 0 Å². The van der Waals surface area contributed by atoms with Crippen molar-refractivity contribution in [2.24, 2.45) is 0 Å². The molecule has 0 heterocycles. The molecule has 0 unspecified atom stereocenters. The summed E-state index contributed by atoms with van der Waals surface area (Å²) < 4.78 is 0. The van der Waals surface area contributed by atoms with Crippen molar-refractivity contribution in [3.05, 3.63) is 102 Å². The van der Waals surface area contributed by atoms with Crippen LogP contribution >= 0.6 is 0 Å². The molecule has 3 aromatic carbocycles. The molecule has 192 valence electrons. The van der Waals surface area contributed by atoms with E-state index < -0.39 is 29.9 Å². The summed E-state index contributed by atoms with van der Waals surface area (Å²) in [7, 11) is 0. The molecule has 2 atom stereocenters. The van der Waals surface area contributed by atoms with Crippen molar-refractivity contribution in [3.8, 4) is 5.75 Å². The number of aliphatic carboxylic acids is 1. The first-order chi connectivity index (χ1) is 17.8. The topological polar surface area (TPSA) is 145 Å². The summed E-state index contributed by atoms with van der Waals surface area (Å²) in [6, 6.07) is 21.7. The minimum Gasteiger partial charge on any atom is -0.508 e. The maximum absolute atomic E-state index is 13.1. The van der Waals surface area contributed by atoms with Crippen LogP contribution in [0, 0.1) is 0 Å². The van der Waals surface area contributed by atoms with Gasteiger partial charge in [0, 0.05) is 12.8 Å². The quantitative estimate of drug-likeness (QED) is 0.254. The number of carbonyl (C=O) groups excluding carboxylic acids is 3. The second kappa shape index (κ2) is 13.4. The zero-order valence-electron chi connectivity index (χ0n) is 20.1. The normalized spacial score (nSPS) is 12.1. The second-order valence-electron chi connectivity index (χ2n) is 8.52. The van der Waals surface area contributed by atoms with Gasteiger partial charge < -0.3 is 26.2 Å². The Morgan fingerprint density at radius 3 is 1.78 bits per heavy atom. The van der Waals surface area contributed by atoms with Gasteiger partial charge in [0.15, 0.2) is 0 Å². The number of nitrogens with one attached hydrogen (secondary N) is 3. The van der Waals surface area contributed by atoms with Crippen LogP contribution in [0.4, 0.5) is 0 Å². The van der Waals surface area contributed by atoms with E-state index >= 15 is 0 Å². The van der Waals surface area contributed by atoms with Gasteiger partial charge in [0.25, 0.3) is 0 Å². The van der Waals surface area contributed by atoms with Crippen LogP contribution < -0.4 is 16.0 Å². The first-order valence-corrected chi connectivity index (χ1v) is 11.7. The molecule has 0 aliphatic rings. The van der Waals surface area contributed by atoms with Crippen molar-refractivity contribution in [1.29, 1.82) is 0 Å². The van der Waals surface area contributed by atoms with Crippen molar-refractivity contribution < 1.29 is 29.4 Å². The monoisotopic (exact) mass is 503 g/mol. The molecule has 0 aliphatic heterocycles. The Kier molecular flexibility index (Phi) is 9.78. The van der Waals surface area contributed by atoms with E-state index in [0.717, 1.165) is 11.1 Å². The number of hydrogen-bond acceptors (Lipinski definition) is 5. The summed E-state index contributed by atoms with van der Waals surface area (Å²) in [5, 5.41) is 26.8. The fourth-order valence-corrected chi connectivity index (χ4v) is 3.67. The Morgan fingerprint density at radius 1 is 0.649 bits per heavy atom. The molecule has 0 aliphatic carbocycles. The van der Waals surface area contributed by atoms with Gasteiger partial charge >= 0.3 is 5.97 Å². The third-order valence-electron chi connectivity index (χ3n) is 5.58. The molecule has 3 aromatic rings. The zero-order chi connectivity index (χ0) is 26.6. The fourth-order valence-electron chi connectivity index (χ4n) is 3.67. The van der Waals surface area contributed by atoms with Gasteiger partial charge in [0.1, 0.15) is 17.8 Å². The first kappa shape index (κ1) is 26.9. The Hall–Kier alpha value is -4.66. The maximum atomic E-state index is 13.1. The lowest BCUT2D eigenvalue weighted by atomic mass is 10.0. The number of carboxylic acid groups (broad SMARTS) is 1. The minimum absolute atomic E-state index is 0.0451. The van der Waals surface area contributed by atoms with Gasteiger partial charge in [0.2, 0.25) is 17.7 Å². The molecular formula is C28H29N3O6. The van der Waals surface area contributed by atoms with E-state index in [0.29, 0.717) is 5.56 Å². The molecule has 0 aromatic heterocycles. The van der Waals surface area contributed by atoms with Crippen molar-refractivity contribution in [2.75, 3.05) is 6.54 Å². The van der Waals surface area contributed by atoms with Crippen LogP contribution in [-0.2, 0) is 38.4 Å². The molecule has 5 N–H and O–H groups in total. The number of benzene rings is 3. The molecule has 0 spiro atoms. The number of phenolic OH excluding ortho intramolecular Hbond substituents is 1. The Morgan fingerprint density at radius 2 is 1.19 bits per heavy atom. The lowest BCUT2D eigenvalue weighted by Gasteiger charge is -2.22. The largest absolute Gasteiger partial charge is 0.508 e.